The van der Waals surface area contributed by atoms with Gasteiger partial charge in [-0.05, 0) is 31.4 Å². The minimum atomic E-state index is -4.36. The molecule has 0 amide bonds. The maximum absolute atomic E-state index is 12.6. The highest BCUT2D eigenvalue weighted by molar-refractivity contribution is 5.43. The molecule has 1 aromatic rings. The molecule has 1 aliphatic rings. The van der Waals surface area contributed by atoms with Gasteiger partial charge >= 0.3 is 6.18 Å². The van der Waals surface area contributed by atoms with Gasteiger partial charge in [-0.3, -0.25) is 0 Å². The van der Waals surface area contributed by atoms with Crippen molar-refractivity contribution in [3.05, 3.63) is 23.9 Å². The van der Waals surface area contributed by atoms with E-state index in [4.69, 9.17) is 5.11 Å². The van der Waals surface area contributed by atoms with Crippen molar-refractivity contribution in [2.45, 2.75) is 31.5 Å². The Kier molecular flexibility index (Phi) is 3.75. The molecule has 18 heavy (non-hydrogen) atoms. The summed E-state index contributed by atoms with van der Waals surface area (Å²) in [6, 6.07) is 2.21. The molecule has 1 saturated carbocycles. The number of halogens is 3. The van der Waals surface area contributed by atoms with E-state index in [0.717, 1.165) is 31.4 Å². The molecule has 0 unspecified atom stereocenters. The first-order chi connectivity index (χ1) is 8.52. The van der Waals surface area contributed by atoms with Crippen molar-refractivity contribution in [2.75, 3.05) is 18.1 Å². The lowest BCUT2D eigenvalue weighted by Gasteiger charge is -2.38. The highest BCUT2D eigenvalue weighted by Crippen LogP contribution is 2.33. The molecule has 1 aliphatic carbocycles. The summed E-state index contributed by atoms with van der Waals surface area (Å²) in [4.78, 5) is 5.75. The third-order valence-corrected chi connectivity index (χ3v) is 3.22. The number of aliphatic hydroxyl groups is 1. The van der Waals surface area contributed by atoms with Crippen LogP contribution in [-0.2, 0) is 6.18 Å². The number of nitrogens with zero attached hydrogens (tertiary/aromatic N) is 2. The molecule has 0 aliphatic heterocycles. The first-order valence-corrected chi connectivity index (χ1v) is 5.93. The quantitative estimate of drug-likeness (QED) is 0.903. The van der Waals surface area contributed by atoms with Gasteiger partial charge in [0.2, 0.25) is 0 Å². The van der Waals surface area contributed by atoms with E-state index in [2.05, 4.69) is 4.98 Å². The van der Waals surface area contributed by atoms with Crippen LogP contribution >= 0.6 is 0 Å². The van der Waals surface area contributed by atoms with Crippen LogP contribution < -0.4 is 4.90 Å². The lowest BCUT2D eigenvalue weighted by Crippen LogP contribution is -2.42. The van der Waals surface area contributed by atoms with Crippen molar-refractivity contribution < 1.29 is 18.3 Å². The van der Waals surface area contributed by atoms with Gasteiger partial charge in [-0.15, -0.1) is 0 Å². The van der Waals surface area contributed by atoms with Crippen LogP contribution in [0.15, 0.2) is 18.3 Å². The molecular formula is C12H15F3N2O. The number of hydrogen-bond acceptors (Lipinski definition) is 3. The van der Waals surface area contributed by atoms with Crippen molar-refractivity contribution in [2.24, 2.45) is 0 Å². The van der Waals surface area contributed by atoms with Crippen LogP contribution in [-0.4, -0.2) is 29.3 Å². The summed E-state index contributed by atoms with van der Waals surface area (Å²) in [6.45, 7) is 0.230. The van der Waals surface area contributed by atoms with Gasteiger partial charge in [0.15, 0.2) is 0 Å². The van der Waals surface area contributed by atoms with E-state index < -0.39 is 11.7 Å². The van der Waals surface area contributed by atoms with Gasteiger partial charge in [0, 0.05) is 18.8 Å². The molecule has 0 atom stereocenters. The SMILES string of the molecule is OCCN(c1cc(C(F)(F)F)ccn1)C1CCC1. The number of alkyl halides is 3. The molecule has 1 N–H and O–H groups in total. The van der Waals surface area contributed by atoms with E-state index in [1.807, 2.05) is 0 Å². The van der Waals surface area contributed by atoms with Crippen LogP contribution in [0.4, 0.5) is 19.0 Å². The number of aliphatic hydroxyl groups excluding tert-OH is 1. The maximum Gasteiger partial charge on any atom is 0.416 e. The van der Waals surface area contributed by atoms with Gasteiger partial charge in [-0.2, -0.15) is 13.2 Å². The molecule has 0 radical (unpaired) electrons. The normalized spacial score (nSPS) is 16.4. The van der Waals surface area contributed by atoms with E-state index >= 15 is 0 Å². The third-order valence-electron chi connectivity index (χ3n) is 3.22. The van der Waals surface area contributed by atoms with E-state index in [1.165, 1.54) is 6.20 Å². The van der Waals surface area contributed by atoms with Crippen molar-refractivity contribution >= 4 is 5.82 Å². The summed E-state index contributed by atoms with van der Waals surface area (Å²) in [6.07, 6.45) is -0.231. The smallest absolute Gasteiger partial charge is 0.395 e. The average molecular weight is 260 g/mol. The van der Waals surface area contributed by atoms with Gasteiger partial charge in [-0.25, -0.2) is 4.98 Å². The molecule has 100 valence electrons. The second-order valence-corrected chi connectivity index (χ2v) is 4.40. The van der Waals surface area contributed by atoms with Crippen LogP contribution in [0.1, 0.15) is 24.8 Å². The van der Waals surface area contributed by atoms with Crippen molar-refractivity contribution in [1.29, 1.82) is 0 Å². The molecule has 0 bridgehead atoms. The number of pyridine rings is 1. The molecule has 0 aromatic carbocycles. The molecule has 2 rings (SSSR count). The molecule has 6 heteroatoms. The van der Waals surface area contributed by atoms with Gasteiger partial charge in [-0.1, -0.05) is 0 Å². The molecule has 1 fully saturated rings. The van der Waals surface area contributed by atoms with E-state index in [1.54, 1.807) is 4.90 Å². The summed E-state index contributed by atoms with van der Waals surface area (Å²) in [5, 5.41) is 9.00. The second-order valence-electron chi connectivity index (χ2n) is 4.40. The topological polar surface area (TPSA) is 36.4 Å². The fourth-order valence-corrected chi connectivity index (χ4v) is 2.04. The fourth-order valence-electron chi connectivity index (χ4n) is 2.04. The average Bonchev–Trinajstić information content (AvgIpc) is 2.25. The lowest BCUT2D eigenvalue weighted by molar-refractivity contribution is -0.137. The van der Waals surface area contributed by atoms with E-state index in [9.17, 15) is 13.2 Å². The Balaban J connectivity index is 2.24. The maximum atomic E-state index is 12.6. The zero-order chi connectivity index (χ0) is 13.2. The van der Waals surface area contributed by atoms with Gasteiger partial charge < -0.3 is 10.0 Å². The molecule has 1 heterocycles. The Morgan fingerprint density at radius 3 is 2.61 bits per heavy atom. The zero-order valence-corrected chi connectivity index (χ0v) is 9.82. The third kappa shape index (κ3) is 2.75. The Morgan fingerprint density at radius 1 is 1.39 bits per heavy atom. The minimum Gasteiger partial charge on any atom is -0.395 e. The van der Waals surface area contributed by atoms with E-state index in [0.29, 0.717) is 12.4 Å². The number of aromatic nitrogens is 1. The Hall–Kier alpha value is -1.30. The summed E-state index contributed by atoms with van der Waals surface area (Å²) >= 11 is 0. The van der Waals surface area contributed by atoms with Gasteiger partial charge in [0.05, 0.1) is 12.2 Å². The highest BCUT2D eigenvalue weighted by Gasteiger charge is 2.32. The van der Waals surface area contributed by atoms with E-state index in [-0.39, 0.29) is 12.6 Å². The molecule has 3 nitrogen and oxygen atoms in total. The molecule has 0 saturated heterocycles. The summed E-state index contributed by atoms with van der Waals surface area (Å²) in [5.41, 5.74) is -0.699. The standard InChI is InChI=1S/C12H15F3N2O/c13-12(14,15)9-4-5-16-11(8-9)17(6-7-18)10-2-1-3-10/h4-5,8,10,18H,1-3,6-7H2. The minimum absolute atomic E-state index is 0.0889. The summed E-state index contributed by atoms with van der Waals surface area (Å²) in [5.74, 6) is 0.295. The Labute approximate surface area is 103 Å². The number of hydrogen-bond donors (Lipinski definition) is 1. The Morgan fingerprint density at radius 2 is 2.11 bits per heavy atom. The van der Waals surface area contributed by atoms with Crippen LogP contribution in [0.2, 0.25) is 0 Å². The first-order valence-electron chi connectivity index (χ1n) is 5.93. The monoisotopic (exact) mass is 260 g/mol. The molecular weight excluding hydrogens is 245 g/mol. The predicted octanol–water partition coefficient (Wildman–Crippen LogP) is 2.45. The van der Waals surface area contributed by atoms with Crippen molar-refractivity contribution in [3.63, 3.8) is 0 Å². The zero-order valence-electron chi connectivity index (χ0n) is 9.82. The van der Waals surface area contributed by atoms with Crippen molar-refractivity contribution in [1.82, 2.24) is 4.98 Å². The van der Waals surface area contributed by atoms with Crippen LogP contribution in [0.25, 0.3) is 0 Å². The number of rotatable bonds is 4. The fraction of sp³-hybridized carbons (Fsp3) is 0.583. The van der Waals surface area contributed by atoms with Crippen LogP contribution in [0.5, 0.6) is 0 Å². The van der Waals surface area contributed by atoms with Crippen molar-refractivity contribution in [3.8, 4) is 0 Å². The lowest BCUT2D eigenvalue weighted by atomic mass is 9.91. The number of anilines is 1. The highest BCUT2D eigenvalue weighted by atomic mass is 19.4. The largest absolute Gasteiger partial charge is 0.416 e. The van der Waals surface area contributed by atoms with Gasteiger partial charge in [0.1, 0.15) is 5.82 Å². The molecule has 1 aromatic heterocycles. The predicted molar refractivity (Wildman–Crippen MR) is 61.3 cm³/mol. The summed E-state index contributed by atoms with van der Waals surface area (Å²) in [7, 11) is 0. The molecule has 0 spiro atoms. The summed E-state index contributed by atoms with van der Waals surface area (Å²) < 4.78 is 37.9. The second kappa shape index (κ2) is 5.14. The van der Waals surface area contributed by atoms with Crippen LogP contribution in [0, 0.1) is 0 Å². The van der Waals surface area contributed by atoms with Crippen LogP contribution in [0.3, 0.4) is 0 Å². The van der Waals surface area contributed by atoms with Gasteiger partial charge in [0.25, 0.3) is 0 Å². The first kappa shape index (κ1) is 13.1. The Bertz CT molecular complexity index is 405.